The van der Waals surface area contributed by atoms with E-state index in [-0.39, 0.29) is 17.4 Å². The van der Waals surface area contributed by atoms with Crippen LogP contribution in [0, 0.1) is 19.7 Å². The van der Waals surface area contributed by atoms with E-state index >= 15 is 0 Å². The maximum absolute atomic E-state index is 13.2. The number of aromatic nitrogens is 4. The highest BCUT2D eigenvalue weighted by Crippen LogP contribution is 2.26. The third-order valence-corrected chi connectivity index (χ3v) is 5.62. The van der Waals surface area contributed by atoms with Gasteiger partial charge in [-0.25, -0.2) is 4.39 Å². The first-order chi connectivity index (χ1) is 14.0. The van der Waals surface area contributed by atoms with Gasteiger partial charge in [0.2, 0.25) is 0 Å². The van der Waals surface area contributed by atoms with Crippen molar-refractivity contribution in [1.82, 2.24) is 19.3 Å². The Hall–Kier alpha value is -2.93. The first kappa shape index (κ1) is 20.8. The maximum atomic E-state index is 13.2. The minimum Gasteiger partial charge on any atom is -0.345 e. The fourth-order valence-corrected chi connectivity index (χ4v) is 4.03. The summed E-state index contributed by atoms with van der Waals surface area (Å²) in [7, 11) is 0. The number of hydrogen-bond donors (Lipinski definition) is 0. The molecule has 0 unspecified atom stereocenters. The van der Waals surface area contributed by atoms with Gasteiger partial charge in [-0.2, -0.15) is 0 Å². The summed E-state index contributed by atoms with van der Waals surface area (Å²) in [6.45, 7) is 12.6. The lowest BCUT2D eigenvalue weighted by Gasteiger charge is -2.08. The van der Waals surface area contributed by atoms with Crippen LogP contribution in [0.25, 0.3) is 11.4 Å². The van der Waals surface area contributed by atoms with Crippen LogP contribution in [0.4, 0.5) is 4.39 Å². The molecule has 3 aromatic rings. The number of carbonyl (C=O) groups excluding carboxylic acids is 1. The fourth-order valence-electron chi connectivity index (χ4n) is 3.20. The lowest BCUT2D eigenvalue weighted by Crippen LogP contribution is -2.07. The molecule has 0 aliphatic heterocycles. The number of benzene rings is 1. The first-order valence-corrected chi connectivity index (χ1v) is 10.2. The minimum atomic E-state index is -0.308. The molecule has 0 saturated heterocycles. The van der Waals surface area contributed by atoms with Gasteiger partial charge in [-0.05, 0) is 44.2 Å². The zero-order chi connectivity index (χ0) is 21.0. The van der Waals surface area contributed by atoms with Gasteiger partial charge < -0.3 is 4.57 Å². The van der Waals surface area contributed by atoms with Crippen LogP contribution in [0.5, 0.6) is 0 Å². The van der Waals surface area contributed by atoms with Gasteiger partial charge in [0.1, 0.15) is 5.82 Å². The average molecular weight is 411 g/mol. The second-order valence-corrected chi connectivity index (χ2v) is 7.55. The Kier molecular flexibility index (Phi) is 6.49. The van der Waals surface area contributed by atoms with Crippen molar-refractivity contribution in [2.75, 3.05) is 5.75 Å². The lowest BCUT2D eigenvalue weighted by atomic mass is 10.2. The Morgan fingerprint density at radius 1 is 1.10 bits per heavy atom. The number of Topliss-reactive ketones (excluding diaryl/α,β-unsaturated/α-hetero) is 1. The van der Waals surface area contributed by atoms with Gasteiger partial charge in [0.05, 0.1) is 5.75 Å². The summed E-state index contributed by atoms with van der Waals surface area (Å²) in [5.74, 6) is 0.591. The molecule has 2 heterocycles. The minimum absolute atomic E-state index is 0.0369. The normalized spacial score (nSPS) is 10.9. The molecule has 0 saturated carbocycles. The highest BCUT2D eigenvalue weighted by Gasteiger charge is 2.18. The molecule has 5 nitrogen and oxygen atoms in total. The molecule has 0 N–H and O–H groups in total. The number of allylic oxidation sites excluding steroid dienone is 2. The first-order valence-electron chi connectivity index (χ1n) is 9.20. The fraction of sp³-hybridized carbons (Fsp3) is 0.227. The van der Waals surface area contributed by atoms with E-state index in [0.29, 0.717) is 29.6 Å². The van der Waals surface area contributed by atoms with E-state index in [1.807, 2.05) is 30.6 Å². The Morgan fingerprint density at radius 3 is 2.41 bits per heavy atom. The van der Waals surface area contributed by atoms with Gasteiger partial charge in [0.25, 0.3) is 0 Å². The molecule has 0 spiro atoms. The van der Waals surface area contributed by atoms with E-state index in [1.54, 1.807) is 18.2 Å². The van der Waals surface area contributed by atoms with E-state index in [0.717, 1.165) is 17.0 Å². The molecule has 0 aliphatic rings. The molecular weight excluding hydrogens is 387 g/mol. The highest BCUT2D eigenvalue weighted by molar-refractivity contribution is 7.99. The number of hydrogen-bond acceptors (Lipinski definition) is 4. The molecule has 0 bridgehead atoms. The van der Waals surface area contributed by atoms with Crippen molar-refractivity contribution in [3.05, 3.63) is 78.4 Å². The maximum Gasteiger partial charge on any atom is 0.192 e. The molecule has 2 aromatic heterocycles. The topological polar surface area (TPSA) is 52.7 Å². The van der Waals surface area contributed by atoms with Crippen LogP contribution in [0.2, 0.25) is 0 Å². The largest absolute Gasteiger partial charge is 0.345 e. The Morgan fingerprint density at radius 2 is 1.76 bits per heavy atom. The molecule has 3 rings (SSSR count). The molecule has 0 radical (unpaired) electrons. The van der Waals surface area contributed by atoms with Crippen molar-refractivity contribution >= 4 is 17.5 Å². The number of thioether (sulfide) groups is 1. The third-order valence-electron chi connectivity index (χ3n) is 4.65. The number of carbonyl (C=O) groups is 1. The smallest absolute Gasteiger partial charge is 0.192 e. The van der Waals surface area contributed by atoms with Crippen molar-refractivity contribution in [1.29, 1.82) is 0 Å². The molecule has 0 amide bonds. The van der Waals surface area contributed by atoms with Crippen LogP contribution in [0.1, 0.15) is 21.7 Å². The van der Waals surface area contributed by atoms with Gasteiger partial charge in [-0.3, -0.25) is 9.36 Å². The number of nitrogens with zero attached hydrogens (tertiary/aromatic N) is 4. The molecule has 0 fully saturated rings. The van der Waals surface area contributed by atoms with E-state index in [4.69, 9.17) is 0 Å². The summed E-state index contributed by atoms with van der Waals surface area (Å²) in [5.41, 5.74) is 3.44. The van der Waals surface area contributed by atoms with E-state index < -0.39 is 0 Å². The quantitative estimate of drug-likeness (QED) is 0.287. The van der Waals surface area contributed by atoms with E-state index in [9.17, 15) is 9.18 Å². The van der Waals surface area contributed by atoms with Crippen LogP contribution in [-0.4, -0.2) is 30.9 Å². The summed E-state index contributed by atoms with van der Waals surface area (Å²) in [6.07, 6.45) is 3.56. The zero-order valence-electron chi connectivity index (χ0n) is 16.6. The van der Waals surface area contributed by atoms with Crippen molar-refractivity contribution in [2.24, 2.45) is 0 Å². The molecule has 1 aromatic carbocycles. The molecule has 0 aliphatic carbocycles. The highest BCUT2D eigenvalue weighted by atomic mass is 32.2. The van der Waals surface area contributed by atoms with Gasteiger partial charge in [-0.1, -0.05) is 23.9 Å². The summed E-state index contributed by atoms with van der Waals surface area (Å²) in [6, 6.07) is 8.01. The lowest BCUT2D eigenvalue weighted by molar-refractivity contribution is 0.102. The summed E-state index contributed by atoms with van der Waals surface area (Å²) < 4.78 is 17.2. The van der Waals surface area contributed by atoms with Crippen molar-refractivity contribution < 1.29 is 9.18 Å². The number of ketones is 1. The van der Waals surface area contributed by atoms with Crippen LogP contribution in [0.15, 0.2) is 60.8 Å². The average Bonchev–Trinajstić information content (AvgIpc) is 3.23. The monoisotopic (exact) mass is 410 g/mol. The van der Waals surface area contributed by atoms with E-state index in [1.165, 1.54) is 23.9 Å². The number of rotatable bonds is 9. The predicted molar refractivity (Wildman–Crippen MR) is 115 cm³/mol. The summed E-state index contributed by atoms with van der Waals surface area (Å²) >= 11 is 1.33. The number of aryl methyl sites for hydroxylation is 1. The third kappa shape index (κ3) is 4.40. The molecule has 29 heavy (non-hydrogen) atoms. The molecule has 0 atom stereocenters. The van der Waals surface area contributed by atoms with Gasteiger partial charge in [0, 0.05) is 35.6 Å². The van der Waals surface area contributed by atoms with Gasteiger partial charge in [-0.15, -0.1) is 23.4 Å². The van der Waals surface area contributed by atoms with Gasteiger partial charge >= 0.3 is 0 Å². The SMILES string of the molecule is C=CCn1c(SCC(=O)c2cc(C)n(CC=C)c2C)nnc1-c1ccc(F)cc1. The summed E-state index contributed by atoms with van der Waals surface area (Å²) in [5, 5.41) is 9.10. The Balaban J connectivity index is 1.81. The summed E-state index contributed by atoms with van der Waals surface area (Å²) in [4.78, 5) is 12.8. The molecular formula is C22H23FN4OS. The van der Waals surface area contributed by atoms with Crippen molar-refractivity contribution in [2.45, 2.75) is 32.1 Å². The number of halogens is 1. The van der Waals surface area contributed by atoms with Gasteiger partial charge in [0.15, 0.2) is 16.8 Å². The Labute approximate surface area is 174 Å². The van der Waals surface area contributed by atoms with Crippen molar-refractivity contribution in [3.63, 3.8) is 0 Å². The van der Waals surface area contributed by atoms with Crippen molar-refractivity contribution in [3.8, 4) is 11.4 Å². The van der Waals surface area contributed by atoms with Crippen LogP contribution in [0.3, 0.4) is 0 Å². The predicted octanol–water partition coefficient (Wildman–Crippen LogP) is 4.85. The Bertz CT molecular complexity index is 1050. The standard InChI is InChI=1S/C22H23FN4OS/c1-5-11-26-15(3)13-19(16(26)4)20(28)14-29-22-25-24-21(27(22)12-6-2)17-7-9-18(23)10-8-17/h5-10,13H,1-2,11-12,14H2,3-4H3. The van der Waals surface area contributed by atoms with Crippen LogP contribution >= 0.6 is 11.8 Å². The van der Waals surface area contributed by atoms with Crippen LogP contribution < -0.4 is 0 Å². The second-order valence-electron chi connectivity index (χ2n) is 6.61. The van der Waals surface area contributed by atoms with E-state index in [2.05, 4.69) is 27.9 Å². The molecule has 7 heteroatoms. The molecule has 150 valence electrons. The second kappa shape index (κ2) is 9.05. The van der Waals surface area contributed by atoms with Crippen LogP contribution in [-0.2, 0) is 13.1 Å². The zero-order valence-corrected chi connectivity index (χ0v) is 17.4.